The van der Waals surface area contributed by atoms with Crippen LogP contribution in [0.4, 0.5) is 0 Å². The van der Waals surface area contributed by atoms with Gasteiger partial charge in [0.2, 0.25) is 0 Å². The van der Waals surface area contributed by atoms with Crippen LogP contribution in [0, 0.1) is 0 Å². The summed E-state index contributed by atoms with van der Waals surface area (Å²) in [5, 5.41) is 18.5. The fraction of sp³-hybridized carbons (Fsp3) is 0.417. The highest BCUT2D eigenvalue weighted by Gasteiger charge is 2.24. The van der Waals surface area contributed by atoms with Crippen molar-refractivity contribution in [3.05, 3.63) is 29.3 Å². The van der Waals surface area contributed by atoms with Gasteiger partial charge < -0.3 is 10.2 Å². The fourth-order valence-electron chi connectivity index (χ4n) is 2.22. The molecule has 0 saturated carbocycles. The lowest BCUT2D eigenvalue weighted by Crippen LogP contribution is -2.11. The topological polar surface area (TPSA) is 57.5 Å². The number of aliphatic carboxylic acids is 1. The van der Waals surface area contributed by atoms with Gasteiger partial charge in [0.25, 0.3) is 0 Å². The molecule has 0 aliphatic heterocycles. The van der Waals surface area contributed by atoms with Crippen molar-refractivity contribution in [1.82, 2.24) is 0 Å². The molecule has 0 amide bonds. The fourth-order valence-corrected chi connectivity index (χ4v) is 2.22. The lowest BCUT2D eigenvalue weighted by molar-refractivity contribution is -0.139. The van der Waals surface area contributed by atoms with Gasteiger partial charge in [-0.3, -0.25) is 4.79 Å². The first-order valence-corrected chi connectivity index (χ1v) is 5.23. The molecule has 0 saturated heterocycles. The largest absolute Gasteiger partial charge is 0.508 e. The van der Waals surface area contributed by atoms with Gasteiger partial charge in [0, 0.05) is 0 Å². The van der Waals surface area contributed by atoms with Gasteiger partial charge in [0.1, 0.15) is 5.75 Å². The van der Waals surface area contributed by atoms with Gasteiger partial charge in [-0.15, -0.1) is 0 Å². The highest BCUT2D eigenvalue weighted by molar-refractivity contribution is 5.76. The van der Waals surface area contributed by atoms with E-state index in [1.807, 2.05) is 0 Å². The molecule has 1 aromatic rings. The van der Waals surface area contributed by atoms with Crippen LogP contribution in [-0.2, 0) is 11.2 Å². The summed E-state index contributed by atoms with van der Waals surface area (Å²) >= 11 is 0. The van der Waals surface area contributed by atoms with Gasteiger partial charge in [-0.25, -0.2) is 0 Å². The third kappa shape index (κ3) is 1.96. The zero-order chi connectivity index (χ0) is 10.8. The molecule has 3 heteroatoms. The second-order valence-electron chi connectivity index (χ2n) is 4.02. The van der Waals surface area contributed by atoms with Crippen LogP contribution in [0.25, 0.3) is 0 Å². The Labute approximate surface area is 88.4 Å². The number of rotatable bonds is 1. The second kappa shape index (κ2) is 3.93. The monoisotopic (exact) mass is 206 g/mol. The second-order valence-corrected chi connectivity index (χ2v) is 4.02. The molecule has 1 atom stereocenters. The van der Waals surface area contributed by atoms with Crippen LogP contribution < -0.4 is 0 Å². The number of carbonyl (C=O) groups is 1. The number of carboxylic acids is 1. The Bertz CT molecular complexity index is 384. The number of aromatic hydroxyl groups is 1. The highest BCUT2D eigenvalue weighted by Crippen LogP contribution is 2.32. The van der Waals surface area contributed by atoms with Crippen molar-refractivity contribution in [2.24, 2.45) is 0 Å². The third-order valence-corrected chi connectivity index (χ3v) is 2.99. The lowest BCUT2D eigenvalue weighted by Gasteiger charge is -2.12. The quantitative estimate of drug-likeness (QED) is 0.693. The predicted molar refractivity (Wildman–Crippen MR) is 56.0 cm³/mol. The number of carboxylic acid groups (broad SMARTS) is 1. The number of aryl methyl sites for hydroxylation is 1. The molecule has 1 aromatic carbocycles. The number of hydrogen-bond acceptors (Lipinski definition) is 2. The zero-order valence-corrected chi connectivity index (χ0v) is 8.44. The number of hydrogen-bond donors (Lipinski definition) is 2. The molecule has 2 rings (SSSR count). The van der Waals surface area contributed by atoms with Gasteiger partial charge >= 0.3 is 5.97 Å². The van der Waals surface area contributed by atoms with Crippen LogP contribution in [0.1, 0.15) is 36.3 Å². The molecule has 1 aliphatic rings. The van der Waals surface area contributed by atoms with Crippen molar-refractivity contribution in [3.8, 4) is 5.75 Å². The molecule has 15 heavy (non-hydrogen) atoms. The Balaban J connectivity index is 2.45. The maximum Gasteiger partial charge on any atom is 0.310 e. The summed E-state index contributed by atoms with van der Waals surface area (Å²) in [7, 11) is 0. The summed E-state index contributed by atoms with van der Waals surface area (Å²) in [6, 6.07) is 5.01. The van der Waals surface area contributed by atoms with E-state index in [9.17, 15) is 9.90 Å². The molecule has 0 heterocycles. The van der Waals surface area contributed by atoms with Gasteiger partial charge in [-0.2, -0.15) is 0 Å². The van der Waals surface area contributed by atoms with Gasteiger partial charge in [0.05, 0.1) is 5.92 Å². The van der Waals surface area contributed by atoms with Gasteiger partial charge in [-0.05, 0) is 42.5 Å². The number of phenols is 1. The first kappa shape index (κ1) is 10.0. The summed E-state index contributed by atoms with van der Waals surface area (Å²) in [5.41, 5.74) is 1.86. The molecule has 1 aliphatic carbocycles. The highest BCUT2D eigenvalue weighted by atomic mass is 16.4. The van der Waals surface area contributed by atoms with Crippen molar-refractivity contribution in [2.75, 3.05) is 0 Å². The zero-order valence-electron chi connectivity index (χ0n) is 8.44. The Morgan fingerprint density at radius 3 is 2.87 bits per heavy atom. The summed E-state index contributed by atoms with van der Waals surface area (Å²) in [5.74, 6) is -0.938. The number of phenolic OH excluding ortho intramolecular Hbond substituents is 1. The van der Waals surface area contributed by atoms with Crippen molar-refractivity contribution < 1.29 is 15.0 Å². The van der Waals surface area contributed by atoms with E-state index in [1.165, 1.54) is 0 Å². The standard InChI is InChI=1S/C12H14O3/c13-9-5-6-10-8(7-9)3-1-2-4-11(10)12(14)15/h5-7,11,13H,1-4H2,(H,14,15). The number of benzene rings is 1. The molecule has 0 radical (unpaired) electrons. The van der Waals surface area contributed by atoms with Crippen molar-refractivity contribution in [1.29, 1.82) is 0 Å². The number of fused-ring (bicyclic) bond motifs is 1. The van der Waals surface area contributed by atoms with Crippen LogP contribution in [-0.4, -0.2) is 16.2 Å². The molecule has 0 fully saturated rings. The molecular weight excluding hydrogens is 192 g/mol. The van der Waals surface area contributed by atoms with Crippen LogP contribution >= 0.6 is 0 Å². The van der Waals surface area contributed by atoms with Crippen LogP contribution in [0.2, 0.25) is 0 Å². The van der Waals surface area contributed by atoms with Crippen molar-refractivity contribution in [2.45, 2.75) is 31.6 Å². The van der Waals surface area contributed by atoms with Crippen molar-refractivity contribution in [3.63, 3.8) is 0 Å². The summed E-state index contributed by atoms with van der Waals surface area (Å²) in [4.78, 5) is 11.1. The van der Waals surface area contributed by atoms with E-state index >= 15 is 0 Å². The molecular formula is C12H14O3. The average molecular weight is 206 g/mol. The van der Waals surface area contributed by atoms with Crippen LogP contribution in [0.5, 0.6) is 5.75 Å². The Kier molecular flexibility index (Phi) is 2.62. The molecule has 0 aromatic heterocycles. The molecule has 3 nitrogen and oxygen atoms in total. The smallest absolute Gasteiger partial charge is 0.310 e. The molecule has 0 spiro atoms. The summed E-state index contributed by atoms with van der Waals surface area (Å²) in [6.07, 6.45) is 3.51. The van der Waals surface area contributed by atoms with Gasteiger partial charge in [-0.1, -0.05) is 12.5 Å². The molecule has 80 valence electrons. The Morgan fingerprint density at radius 2 is 2.13 bits per heavy atom. The minimum absolute atomic E-state index is 0.222. The van der Waals surface area contributed by atoms with E-state index in [0.717, 1.165) is 30.4 Å². The maximum atomic E-state index is 11.1. The lowest BCUT2D eigenvalue weighted by atomic mass is 9.93. The molecule has 1 unspecified atom stereocenters. The predicted octanol–water partition coefficient (Wildman–Crippen LogP) is 2.29. The Hall–Kier alpha value is -1.51. The summed E-state index contributed by atoms with van der Waals surface area (Å²) in [6.45, 7) is 0. The van der Waals surface area contributed by atoms with Crippen LogP contribution in [0.3, 0.4) is 0 Å². The third-order valence-electron chi connectivity index (χ3n) is 2.99. The van der Waals surface area contributed by atoms with Crippen LogP contribution in [0.15, 0.2) is 18.2 Å². The van der Waals surface area contributed by atoms with Crippen molar-refractivity contribution >= 4 is 5.97 Å². The van der Waals surface area contributed by atoms with E-state index in [-0.39, 0.29) is 5.75 Å². The SMILES string of the molecule is O=C(O)C1CCCCc2cc(O)ccc21. The first-order chi connectivity index (χ1) is 7.18. The Morgan fingerprint density at radius 1 is 1.33 bits per heavy atom. The average Bonchev–Trinajstić information content (AvgIpc) is 2.38. The normalized spacial score (nSPS) is 20.4. The minimum Gasteiger partial charge on any atom is -0.508 e. The maximum absolute atomic E-state index is 11.1. The van der Waals surface area contributed by atoms with E-state index in [4.69, 9.17) is 5.11 Å². The van der Waals surface area contributed by atoms with E-state index in [1.54, 1.807) is 18.2 Å². The van der Waals surface area contributed by atoms with E-state index in [0.29, 0.717) is 6.42 Å². The first-order valence-electron chi connectivity index (χ1n) is 5.23. The minimum atomic E-state index is -0.760. The molecule has 2 N–H and O–H groups in total. The van der Waals surface area contributed by atoms with E-state index < -0.39 is 11.9 Å². The van der Waals surface area contributed by atoms with Gasteiger partial charge in [0.15, 0.2) is 0 Å². The molecule has 0 bridgehead atoms. The summed E-state index contributed by atoms with van der Waals surface area (Å²) < 4.78 is 0. The van der Waals surface area contributed by atoms with E-state index in [2.05, 4.69) is 0 Å².